The highest BCUT2D eigenvalue weighted by Crippen LogP contribution is 2.48. The third-order valence-corrected chi connectivity index (χ3v) is 5.57. The van der Waals surface area contributed by atoms with Crippen LogP contribution in [0.5, 0.6) is 0 Å². The summed E-state index contributed by atoms with van der Waals surface area (Å²) >= 11 is 7.85. The van der Waals surface area contributed by atoms with Gasteiger partial charge in [0, 0.05) is 35.3 Å². The van der Waals surface area contributed by atoms with E-state index in [2.05, 4.69) is 40.1 Å². The first kappa shape index (κ1) is 18.2. The van der Waals surface area contributed by atoms with E-state index in [1.54, 1.807) is 11.3 Å². The fourth-order valence-corrected chi connectivity index (χ4v) is 3.75. The van der Waals surface area contributed by atoms with Gasteiger partial charge in [0.15, 0.2) is 5.96 Å². The Morgan fingerprint density at radius 3 is 2.84 bits per heavy atom. The number of guanidine groups is 1. The van der Waals surface area contributed by atoms with Crippen LogP contribution in [0.15, 0.2) is 34.6 Å². The maximum atomic E-state index is 6.15. The van der Waals surface area contributed by atoms with Crippen LogP contribution in [0, 0.1) is 6.92 Å². The minimum atomic E-state index is 0.166. The summed E-state index contributed by atoms with van der Waals surface area (Å²) in [6.45, 7) is 6.60. The van der Waals surface area contributed by atoms with Crippen LogP contribution < -0.4 is 10.6 Å². The zero-order valence-corrected chi connectivity index (χ0v) is 16.4. The molecule has 134 valence electrons. The van der Waals surface area contributed by atoms with Crippen LogP contribution in [0.2, 0.25) is 5.02 Å². The minimum Gasteiger partial charge on any atom is -0.357 e. The van der Waals surface area contributed by atoms with Gasteiger partial charge in [0.2, 0.25) is 0 Å². The average Bonchev–Trinajstić information content (AvgIpc) is 3.28. The Morgan fingerprint density at radius 1 is 1.36 bits per heavy atom. The lowest BCUT2D eigenvalue weighted by Crippen LogP contribution is -2.39. The van der Waals surface area contributed by atoms with Crippen LogP contribution in [-0.2, 0) is 11.8 Å². The van der Waals surface area contributed by atoms with E-state index in [4.69, 9.17) is 16.6 Å². The summed E-state index contributed by atoms with van der Waals surface area (Å²) in [7, 11) is 0. The van der Waals surface area contributed by atoms with E-state index in [9.17, 15) is 0 Å². The lowest BCUT2D eigenvalue weighted by atomic mass is 9.96. The molecule has 0 aliphatic heterocycles. The summed E-state index contributed by atoms with van der Waals surface area (Å²) in [6.07, 6.45) is 3.26. The molecule has 0 radical (unpaired) electrons. The van der Waals surface area contributed by atoms with Gasteiger partial charge >= 0.3 is 0 Å². The van der Waals surface area contributed by atoms with Crippen LogP contribution in [0.3, 0.4) is 0 Å². The molecule has 0 atom stereocenters. The third-order valence-electron chi connectivity index (χ3n) is 4.51. The van der Waals surface area contributed by atoms with Gasteiger partial charge in [-0.1, -0.05) is 23.7 Å². The Kier molecular flexibility index (Phi) is 5.97. The number of aryl methyl sites for hydroxylation is 1. The predicted molar refractivity (Wildman–Crippen MR) is 107 cm³/mol. The number of hydrogen-bond acceptors (Lipinski definition) is 3. The fraction of sp³-hybridized carbons (Fsp3) is 0.474. The topological polar surface area (TPSA) is 49.3 Å². The Balaban J connectivity index is 1.58. The van der Waals surface area contributed by atoms with Gasteiger partial charge in [0.05, 0.1) is 17.2 Å². The maximum Gasteiger partial charge on any atom is 0.191 e. The van der Waals surface area contributed by atoms with Gasteiger partial charge in [-0.05, 0) is 44.4 Å². The molecule has 6 heteroatoms. The van der Waals surface area contributed by atoms with Gasteiger partial charge in [-0.25, -0.2) is 4.98 Å². The smallest absolute Gasteiger partial charge is 0.191 e. The second kappa shape index (κ2) is 8.19. The van der Waals surface area contributed by atoms with Crippen LogP contribution >= 0.6 is 22.9 Å². The average molecular weight is 377 g/mol. The standard InChI is InChI=1S/C19H25ClN4S/c1-3-21-18(22-10-7-17-12-25-14(2)24-17)23-13-19(8-9-19)15-5-4-6-16(20)11-15/h4-6,11-12H,3,7-10,13H2,1-2H3,(H2,21,22,23). The summed E-state index contributed by atoms with van der Waals surface area (Å²) in [5.74, 6) is 0.878. The second-order valence-electron chi connectivity index (χ2n) is 6.52. The predicted octanol–water partition coefficient (Wildman–Crippen LogP) is 3.93. The van der Waals surface area contributed by atoms with Crippen LogP contribution in [0.4, 0.5) is 0 Å². The van der Waals surface area contributed by atoms with Crippen molar-refractivity contribution >= 4 is 28.9 Å². The molecule has 2 aromatic rings. The highest BCUT2D eigenvalue weighted by Gasteiger charge is 2.44. The molecule has 0 unspecified atom stereocenters. The lowest BCUT2D eigenvalue weighted by Gasteiger charge is -2.16. The monoisotopic (exact) mass is 376 g/mol. The summed E-state index contributed by atoms with van der Waals surface area (Å²) < 4.78 is 0. The van der Waals surface area contributed by atoms with E-state index in [0.29, 0.717) is 0 Å². The highest BCUT2D eigenvalue weighted by atomic mass is 35.5. The van der Waals surface area contributed by atoms with Gasteiger partial charge in [-0.3, -0.25) is 4.99 Å². The Bertz CT molecular complexity index is 737. The SMILES string of the molecule is CCNC(=NCC1(c2cccc(Cl)c2)CC1)NCCc1csc(C)n1. The number of nitrogens with zero attached hydrogens (tertiary/aromatic N) is 2. The van der Waals surface area contributed by atoms with E-state index in [1.165, 1.54) is 18.4 Å². The zero-order valence-electron chi connectivity index (χ0n) is 14.8. The normalized spacial score (nSPS) is 15.9. The van der Waals surface area contributed by atoms with Gasteiger partial charge in [-0.15, -0.1) is 11.3 Å². The first-order valence-electron chi connectivity index (χ1n) is 8.80. The van der Waals surface area contributed by atoms with Crippen LogP contribution in [-0.4, -0.2) is 30.6 Å². The second-order valence-corrected chi connectivity index (χ2v) is 8.02. The lowest BCUT2D eigenvalue weighted by molar-refractivity contribution is 0.691. The molecule has 0 saturated heterocycles. The summed E-state index contributed by atoms with van der Waals surface area (Å²) in [4.78, 5) is 9.33. The molecule has 1 aromatic carbocycles. The van der Waals surface area contributed by atoms with E-state index in [1.807, 2.05) is 19.1 Å². The van der Waals surface area contributed by atoms with Crippen molar-refractivity contribution < 1.29 is 0 Å². The molecule has 25 heavy (non-hydrogen) atoms. The number of rotatable bonds is 7. The molecule has 1 aliphatic carbocycles. The molecular formula is C19H25ClN4S. The molecule has 1 aliphatic rings. The molecule has 4 nitrogen and oxygen atoms in total. The van der Waals surface area contributed by atoms with Gasteiger partial charge < -0.3 is 10.6 Å². The maximum absolute atomic E-state index is 6.15. The molecule has 3 rings (SSSR count). The number of aromatic nitrogens is 1. The van der Waals surface area contributed by atoms with Crippen molar-refractivity contribution in [2.45, 2.75) is 38.5 Å². The molecule has 1 aromatic heterocycles. The quantitative estimate of drug-likeness (QED) is 0.568. The Hall–Kier alpha value is -1.59. The number of hydrogen-bond donors (Lipinski definition) is 2. The molecule has 0 bridgehead atoms. The van der Waals surface area contributed by atoms with Crippen molar-refractivity contribution in [3.63, 3.8) is 0 Å². The van der Waals surface area contributed by atoms with Gasteiger partial charge in [0.1, 0.15) is 0 Å². The molecule has 2 N–H and O–H groups in total. The van der Waals surface area contributed by atoms with Gasteiger partial charge in [0.25, 0.3) is 0 Å². The van der Waals surface area contributed by atoms with Crippen molar-refractivity contribution in [3.8, 4) is 0 Å². The summed E-state index contributed by atoms with van der Waals surface area (Å²) in [6, 6.07) is 8.20. The van der Waals surface area contributed by atoms with Crippen molar-refractivity contribution in [1.29, 1.82) is 0 Å². The Labute approximate surface area is 158 Å². The number of nitrogens with one attached hydrogen (secondary N) is 2. The Morgan fingerprint density at radius 2 is 2.20 bits per heavy atom. The van der Waals surface area contributed by atoms with Crippen LogP contribution in [0.25, 0.3) is 0 Å². The molecule has 0 spiro atoms. The van der Waals surface area contributed by atoms with Crippen molar-refractivity contribution in [2.24, 2.45) is 4.99 Å². The van der Waals surface area contributed by atoms with Crippen LogP contribution in [0.1, 0.15) is 36.0 Å². The summed E-state index contributed by atoms with van der Waals surface area (Å²) in [5.41, 5.74) is 2.61. The molecular weight excluding hydrogens is 352 g/mol. The van der Waals surface area contributed by atoms with Gasteiger partial charge in [-0.2, -0.15) is 0 Å². The fourth-order valence-electron chi connectivity index (χ4n) is 2.91. The number of benzene rings is 1. The van der Waals surface area contributed by atoms with Crippen molar-refractivity contribution in [3.05, 3.63) is 50.9 Å². The first-order valence-corrected chi connectivity index (χ1v) is 10.1. The largest absolute Gasteiger partial charge is 0.357 e. The third kappa shape index (κ3) is 4.95. The van der Waals surface area contributed by atoms with E-state index < -0.39 is 0 Å². The molecule has 1 heterocycles. The van der Waals surface area contributed by atoms with E-state index in [0.717, 1.165) is 47.7 Å². The number of thiazole rings is 1. The zero-order chi connectivity index (χ0) is 17.7. The first-order chi connectivity index (χ1) is 12.1. The van der Waals surface area contributed by atoms with E-state index >= 15 is 0 Å². The van der Waals surface area contributed by atoms with E-state index in [-0.39, 0.29) is 5.41 Å². The van der Waals surface area contributed by atoms with Crippen molar-refractivity contribution in [2.75, 3.05) is 19.6 Å². The highest BCUT2D eigenvalue weighted by molar-refractivity contribution is 7.09. The number of aliphatic imine (C=N–C) groups is 1. The number of halogens is 1. The summed E-state index contributed by atoms with van der Waals surface area (Å²) in [5, 5.41) is 10.8. The van der Waals surface area contributed by atoms with Crippen molar-refractivity contribution in [1.82, 2.24) is 15.6 Å². The molecule has 1 fully saturated rings. The minimum absolute atomic E-state index is 0.166. The molecule has 1 saturated carbocycles. The molecule has 0 amide bonds.